The van der Waals surface area contributed by atoms with Gasteiger partial charge in [0.25, 0.3) is 0 Å². The zero-order valence-electron chi connectivity index (χ0n) is 22.0. The first-order valence-corrected chi connectivity index (χ1v) is 13.9. The minimum Gasteiger partial charge on any atom is -0.358 e. The average Bonchev–Trinajstić information content (AvgIpc) is 3.33. The van der Waals surface area contributed by atoms with E-state index in [1.54, 1.807) is 24.5 Å². The lowest BCUT2D eigenvalue weighted by Crippen LogP contribution is -2.57. The first-order valence-electron chi connectivity index (χ1n) is 13.9. The largest absolute Gasteiger partial charge is 0.358 e. The van der Waals surface area contributed by atoms with Crippen molar-refractivity contribution in [2.45, 2.75) is 95.2 Å². The molecule has 0 radical (unpaired) electrons. The molecule has 3 aliphatic rings. The normalized spacial score (nSPS) is 28.3. The first-order chi connectivity index (χ1) is 17.9. The molecule has 1 aliphatic heterocycles. The molecule has 37 heavy (non-hydrogen) atoms. The number of aromatic nitrogens is 1. The van der Waals surface area contributed by atoms with Crippen molar-refractivity contribution in [1.82, 2.24) is 20.5 Å². The molecule has 1 aromatic rings. The van der Waals surface area contributed by atoms with Gasteiger partial charge in [0.15, 0.2) is 0 Å². The number of hydrogen-bond acceptors (Lipinski definition) is 5. The molecule has 3 fully saturated rings. The fraction of sp³-hybridized carbons (Fsp3) is 0.679. The summed E-state index contributed by atoms with van der Waals surface area (Å²) in [5.41, 5.74) is 5.12. The van der Waals surface area contributed by atoms with E-state index in [4.69, 9.17) is 5.73 Å². The maximum absolute atomic E-state index is 13.8. The lowest BCUT2D eigenvalue weighted by Gasteiger charge is -2.34. The zero-order chi connectivity index (χ0) is 26.3. The quantitative estimate of drug-likeness (QED) is 0.382. The van der Waals surface area contributed by atoms with Crippen LogP contribution in [0.25, 0.3) is 0 Å². The van der Waals surface area contributed by atoms with Crippen LogP contribution in [0.15, 0.2) is 29.5 Å². The van der Waals surface area contributed by atoms with Crippen LogP contribution in [0.5, 0.6) is 0 Å². The number of urea groups is 1. The van der Waals surface area contributed by atoms with E-state index in [0.29, 0.717) is 36.9 Å². The monoisotopic (exact) mass is 507 g/mol. The van der Waals surface area contributed by atoms with E-state index < -0.39 is 17.6 Å². The van der Waals surface area contributed by atoms with E-state index in [9.17, 15) is 14.9 Å². The maximum atomic E-state index is 13.8. The fourth-order valence-electron chi connectivity index (χ4n) is 6.26. The lowest BCUT2D eigenvalue weighted by atomic mass is 9.84. The minimum atomic E-state index is -0.912. The number of pyridine rings is 1. The topological polar surface area (TPSA) is 136 Å². The Kier molecular flexibility index (Phi) is 9.14. The molecule has 0 spiro atoms. The van der Waals surface area contributed by atoms with Crippen LogP contribution in [-0.4, -0.2) is 58.4 Å². The van der Waals surface area contributed by atoms with Crippen LogP contribution in [0, 0.1) is 23.2 Å². The number of hydrogen-bond donors (Lipinski definition) is 3. The van der Waals surface area contributed by atoms with Crippen molar-refractivity contribution < 1.29 is 9.59 Å². The summed E-state index contributed by atoms with van der Waals surface area (Å²) in [7, 11) is 0. The number of primary amides is 1. The van der Waals surface area contributed by atoms with Gasteiger partial charge in [-0.2, -0.15) is 10.3 Å². The minimum absolute atomic E-state index is 0.225. The smallest absolute Gasteiger partial charge is 0.340 e. The highest BCUT2D eigenvalue weighted by Gasteiger charge is 2.43. The number of rotatable bonds is 7. The summed E-state index contributed by atoms with van der Waals surface area (Å²) in [6.07, 6.45) is 14.9. The number of likely N-dealkylation sites (tertiary alicyclic amines) is 1. The average molecular weight is 508 g/mol. The molecule has 3 amide bonds. The molecule has 200 valence electrons. The van der Waals surface area contributed by atoms with Gasteiger partial charge in [-0.15, -0.1) is 0 Å². The fourth-order valence-corrected chi connectivity index (χ4v) is 6.26. The van der Waals surface area contributed by atoms with Crippen LogP contribution < -0.4 is 16.4 Å². The van der Waals surface area contributed by atoms with E-state index in [2.05, 4.69) is 38.5 Å². The molecular formula is C28H41N7O2. The number of nitrogens with zero attached hydrogens (tertiary/aromatic N) is 4. The third-order valence-corrected chi connectivity index (χ3v) is 8.47. The van der Waals surface area contributed by atoms with Gasteiger partial charge in [-0.25, -0.2) is 4.79 Å². The number of nitrogens with one attached hydrogen (secondary N) is 2. The van der Waals surface area contributed by atoms with Gasteiger partial charge in [-0.05, 0) is 62.5 Å². The molecule has 2 saturated carbocycles. The Bertz CT molecular complexity index is 994. The SMILES string of the molecule is CC1CCC(N2CCC(C#N)(NC(=O)C(CC3CCCCC3)N/C(=N/C(N)=O)c3ccncc3)C2)CC1. The summed E-state index contributed by atoms with van der Waals surface area (Å²) in [5.74, 6) is 1.19. The number of carbonyl (C=O) groups is 2. The van der Waals surface area contributed by atoms with E-state index in [0.717, 1.165) is 51.0 Å². The summed E-state index contributed by atoms with van der Waals surface area (Å²) in [6.45, 7) is 3.68. The van der Waals surface area contributed by atoms with Crippen LogP contribution in [0.1, 0.15) is 83.1 Å². The number of amides is 3. The van der Waals surface area contributed by atoms with Gasteiger partial charge in [-0.3, -0.25) is 14.7 Å². The predicted molar refractivity (Wildman–Crippen MR) is 143 cm³/mol. The van der Waals surface area contributed by atoms with Crippen molar-refractivity contribution in [2.24, 2.45) is 22.6 Å². The summed E-state index contributed by atoms with van der Waals surface area (Å²) >= 11 is 0. The molecule has 4 N–H and O–H groups in total. The van der Waals surface area contributed by atoms with Gasteiger partial charge in [-0.1, -0.05) is 39.0 Å². The van der Waals surface area contributed by atoms with E-state index >= 15 is 0 Å². The van der Waals surface area contributed by atoms with Gasteiger partial charge in [0.1, 0.15) is 17.4 Å². The number of carbonyl (C=O) groups excluding carboxylic acids is 2. The number of amidine groups is 1. The van der Waals surface area contributed by atoms with Crippen molar-refractivity contribution in [2.75, 3.05) is 13.1 Å². The van der Waals surface area contributed by atoms with Crippen LogP contribution in [0.3, 0.4) is 0 Å². The third-order valence-electron chi connectivity index (χ3n) is 8.47. The van der Waals surface area contributed by atoms with Crippen molar-refractivity contribution in [3.05, 3.63) is 30.1 Å². The van der Waals surface area contributed by atoms with Crippen LogP contribution >= 0.6 is 0 Å². The Labute approximate surface area is 220 Å². The van der Waals surface area contributed by atoms with Crippen LogP contribution in [-0.2, 0) is 4.79 Å². The summed E-state index contributed by atoms with van der Waals surface area (Å²) in [4.78, 5) is 35.9. The van der Waals surface area contributed by atoms with E-state index in [-0.39, 0.29) is 11.7 Å². The second-order valence-corrected chi connectivity index (χ2v) is 11.3. The summed E-state index contributed by atoms with van der Waals surface area (Å²) in [5, 5.41) is 16.6. The molecule has 1 aromatic heterocycles. The standard InChI is InChI=1S/C28H41N7O2/c1-20-7-9-23(10-8-20)35-16-13-28(18-29,19-35)34-26(36)24(17-21-5-3-2-4-6-21)32-25(33-27(30)37)22-11-14-31-15-12-22/h11-12,14-15,20-21,23-24H,2-10,13,16-17,19H2,1H3,(H,34,36)(H3,30,32,33,37). The molecular weight excluding hydrogens is 466 g/mol. The molecule has 9 nitrogen and oxygen atoms in total. The van der Waals surface area contributed by atoms with Gasteiger partial charge in [0.05, 0.1) is 6.07 Å². The highest BCUT2D eigenvalue weighted by Crippen LogP contribution is 2.32. The lowest BCUT2D eigenvalue weighted by molar-refractivity contribution is -0.124. The Morgan fingerprint density at radius 1 is 1.19 bits per heavy atom. The Balaban J connectivity index is 1.50. The number of nitriles is 1. The maximum Gasteiger partial charge on any atom is 0.340 e. The molecule has 0 aromatic carbocycles. The molecule has 2 unspecified atom stereocenters. The first kappa shape index (κ1) is 27.1. The van der Waals surface area contributed by atoms with Gasteiger partial charge >= 0.3 is 6.03 Å². The summed E-state index contributed by atoms with van der Waals surface area (Å²) in [6, 6.07) is 4.91. The van der Waals surface area contributed by atoms with Crippen molar-refractivity contribution in [1.29, 1.82) is 5.26 Å². The molecule has 2 aliphatic carbocycles. The second kappa shape index (κ2) is 12.5. The van der Waals surface area contributed by atoms with E-state index in [1.807, 2.05) is 0 Å². The summed E-state index contributed by atoms with van der Waals surface area (Å²) < 4.78 is 0. The van der Waals surface area contributed by atoms with Crippen molar-refractivity contribution >= 4 is 17.8 Å². The molecule has 4 rings (SSSR count). The van der Waals surface area contributed by atoms with Crippen LogP contribution in [0.2, 0.25) is 0 Å². The highest BCUT2D eigenvalue weighted by atomic mass is 16.2. The molecule has 0 bridgehead atoms. The van der Waals surface area contributed by atoms with Gasteiger partial charge in [0, 0.05) is 37.1 Å². The van der Waals surface area contributed by atoms with Crippen molar-refractivity contribution in [3.63, 3.8) is 0 Å². The number of aliphatic imine (C=N–C) groups is 1. The second-order valence-electron chi connectivity index (χ2n) is 11.3. The third kappa shape index (κ3) is 7.29. The molecule has 2 atom stereocenters. The molecule has 1 saturated heterocycles. The van der Waals surface area contributed by atoms with Gasteiger partial charge < -0.3 is 16.4 Å². The number of nitrogens with two attached hydrogens (primary N) is 1. The van der Waals surface area contributed by atoms with E-state index in [1.165, 1.54) is 19.3 Å². The van der Waals surface area contributed by atoms with Crippen molar-refractivity contribution in [3.8, 4) is 6.07 Å². The van der Waals surface area contributed by atoms with Crippen LogP contribution in [0.4, 0.5) is 4.79 Å². The highest BCUT2D eigenvalue weighted by molar-refractivity contribution is 6.06. The predicted octanol–water partition coefficient (Wildman–Crippen LogP) is 3.50. The Morgan fingerprint density at radius 3 is 2.54 bits per heavy atom. The molecule has 9 heteroatoms. The Morgan fingerprint density at radius 2 is 1.89 bits per heavy atom. The van der Waals surface area contributed by atoms with Gasteiger partial charge in [0.2, 0.25) is 5.91 Å². The zero-order valence-corrected chi connectivity index (χ0v) is 22.0. The molecule has 2 heterocycles. The Hall–Kier alpha value is -2.99.